The lowest BCUT2D eigenvalue weighted by Crippen LogP contribution is -2.21. The van der Waals surface area contributed by atoms with Crippen molar-refractivity contribution in [3.63, 3.8) is 0 Å². The van der Waals surface area contributed by atoms with Crippen molar-refractivity contribution in [3.05, 3.63) is 46.8 Å². The topological polar surface area (TPSA) is 21.3 Å². The van der Waals surface area contributed by atoms with E-state index in [-0.39, 0.29) is 0 Å². The minimum absolute atomic E-state index is 0.552. The number of ether oxygens (including phenoxy) is 1. The molecule has 112 valence electrons. The van der Waals surface area contributed by atoms with Crippen LogP contribution in [0.25, 0.3) is 10.4 Å². The van der Waals surface area contributed by atoms with Crippen LogP contribution < -0.4 is 5.32 Å². The molecule has 1 atom stereocenters. The molecule has 1 unspecified atom stereocenters. The predicted molar refractivity (Wildman–Crippen MR) is 89.6 cm³/mol. The first-order chi connectivity index (χ1) is 10.3. The van der Waals surface area contributed by atoms with E-state index in [1.165, 1.54) is 33.7 Å². The van der Waals surface area contributed by atoms with Crippen LogP contribution in [-0.2, 0) is 11.3 Å². The summed E-state index contributed by atoms with van der Waals surface area (Å²) in [6, 6.07) is 13.8. The van der Waals surface area contributed by atoms with Crippen LogP contribution in [0.15, 0.2) is 36.4 Å². The summed E-state index contributed by atoms with van der Waals surface area (Å²) in [5.74, 6) is 0.844. The third-order valence-corrected chi connectivity index (χ3v) is 5.19. The maximum absolute atomic E-state index is 5.23. The summed E-state index contributed by atoms with van der Waals surface area (Å²) in [4.78, 5) is 2.83. The fourth-order valence-corrected chi connectivity index (χ4v) is 3.98. The van der Waals surface area contributed by atoms with E-state index in [1.807, 2.05) is 11.3 Å². The summed E-state index contributed by atoms with van der Waals surface area (Å²) < 4.78 is 5.23. The highest BCUT2D eigenvalue weighted by Crippen LogP contribution is 2.44. The fourth-order valence-electron chi connectivity index (χ4n) is 2.81. The first-order valence-electron chi connectivity index (χ1n) is 7.73. The standard InChI is InChI=1S/C18H23NOS/c1-3-19-18(14-7-8-14)17-10-9-16(21-17)15-6-4-5-13(11-15)12-20-2/h4-6,9-11,14,18-19H,3,7-8,12H2,1-2H3. The molecule has 2 nitrogen and oxygen atoms in total. The molecule has 3 rings (SSSR count). The van der Waals surface area contributed by atoms with E-state index in [0.29, 0.717) is 12.6 Å². The highest BCUT2D eigenvalue weighted by molar-refractivity contribution is 7.15. The number of hydrogen-bond donors (Lipinski definition) is 1. The highest BCUT2D eigenvalue weighted by atomic mass is 32.1. The maximum atomic E-state index is 5.23. The normalized spacial score (nSPS) is 16.1. The van der Waals surface area contributed by atoms with E-state index in [9.17, 15) is 0 Å². The zero-order valence-electron chi connectivity index (χ0n) is 12.8. The Morgan fingerprint density at radius 1 is 1.29 bits per heavy atom. The summed E-state index contributed by atoms with van der Waals surface area (Å²) in [5, 5.41) is 3.65. The van der Waals surface area contributed by atoms with Gasteiger partial charge in [-0.25, -0.2) is 0 Å². The van der Waals surface area contributed by atoms with E-state index in [4.69, 9.17) is 4.74 Å². The molecule has 0 radical (unpaired) electrons. The molecule has 1 aromatic heterocycles. The van der Waals surface area contributed by atoms with Crippen molar-refractivity contribution in [2.24, 2.45) is 5.92 Å². The van der Waals surface area contributed by atoms with Gasteiger partial charge in [0.05, 0.1) is 6.61 Å². The zero-order chi connectivity index (χ0) is 14.7. The Labute approximate surface area is 131 Å². The van der Waals surface area contributed by atoms with E-state index in [0.717, 1.165) is 12.5 Å². The van der Waals surface area contributed by atoms with Gasteiger partial charge in [0.25, 0.3) is 0 Å². The Hall–Kier alpha value is -1.16. The number of nitrogens with one attached hydrogen (secondary N) is 1. The second-order valence-electron chi connectivity index (χ2n) is 5.71. The molecule has 1 fully saturated rings. The summed E-state index contributed by atoms with van der Waals surface area (Å²) in [7, 11) is 1.74. The lowest BCUT2D eigenvalue weighted by Gasteiger charge is -2.15. The van der Waals surface area contributed by atoms with Crippen LogP contribution in [0.2, 0.25) is 0 Å². The molecule has 0 saturated heterocycles. The number of methoxy groups -OCH3 is 1. The lowest BCUT2D eigenvalue weighted by molar-refractivity contribution is 0.185. The van der Waals surface area contributed by atoms with Gasteiger partial charge in [-0.05, 0) is 54.6 Å². The van der Waals surface area contributed by atoms with Crippen molar-refractivity contribution < 1.29 is 4.74 Å². The van der Waals surface area contributed by atoms with Gasteiger partial charge in [0.2, 0.25) is 0 Å². The lowest BCUT2D eigenvalue weighted by atomic mass is 10.1. The molecule has 0 bridgehead atoms. The highest BCUT2D eigenvalue weighted by Gasteiger charge is 2.32. The summed E-state index contributed by atoms with van der Waals surface area (Å²) >= 11 is 1.93. The molecule has 0 aliphatic heterocycles. The van der Waals surface area contributed by atoms with Crippen molar-refractivity contribution in [2.75, 3.05) is 13.7 Å². The van der Waals surface area contributed by atoms with Gasteiger partial charge in [-0.15, -0.1) is 11.3 Å². The Balaban J connectivity index is 1.82. The average Bonchev–Trinajstić information content (AvgIpc) is 3.22. The Morgan fingerprint density at radius 3 is 2.86 bits per heavy atom. The number of rotatable bonds is 7. The molecular weight excluding hydrogens is 278 g/mol. The van der Waals surface area contributed by atoms with Crippen molar-refractivity contribution in [2.45, 2.75) is 32.4 Å². The van der Waals surface area contributed by atoms with E-state index < -0.39 is 0 Å². The number of hydrogen-bond acceptors (Lipinski definition) is 3. The molecule has 1 aromatic carbocycles. The third-order valence-electron chi connectivity index (χ3n) is 3.97. The fraction of sp³-hybridized carbons (Fsp3) is 0.444. The average molecular weight is 301 g/mol. The van der Waals surface area contributed by atoms with Gasteiger partial charge >= 0.3 is 0 Å². The quantitative estimate of drug-likeness (QED) is 0.805. The van der Waals surface area contributed by atoms with Gasteiger partial charge in [0.15, 0.2) is 0 Å². The smallest absolute Gasteiger partial charge is 0.0713 e. The summed E-state index contributed by atoms with van der Waals surface area (Å²) in [5.41, 5.74) is 2.53. The van der Waals surface area contributed by atoms with Crippen LogP contribution in [0.4, 0.5) is 0 Å². The maximum Gasteiger partial charge on any atom is 0.0713 e. The van der Waals surface area contributed by atoms with Crippen molar-refractivity contribution in [1.29, 1.82) is 0 Å². The predicted octanol–water partition coefficient (Wildman–Crippen LogP) is 4.62. The molecule has 3 heteroatoms. The van der Waals surface area contributed by atoms with Gasteiger partial charge in [0, 0.05) is 22.9 Å². The minimum Gasteiger partial charge on any atom is -0.380 e. The van der Waals surface area contributed by atoms with Crippen LogP contribution in [0.3, 0.4) is 0 Å². The zero-order valence-corrected chi connectivity index (χ0v) is 13.6. The van der Waals surface area contributed by atoms with Gasteiger partial charge in [-0.2, -0.15) is 0 Å². The van der Waals surface area contributed by atoms with Crippen LogP contribution >= 0.6 is 11.3 Å². The first-order valence-corrected chi connectivity index (χ1v) is 8.55. The molecule has 1 aliphatic carbocycles. The molecular formula is C18H23NOS. The summed E-state index contributed by atoms with van der Waals surface area (Å²) in [6.07, 6.45) is 2.74. The van der Waals surface area contributed by atoms with E-state index >= 15 is 0 Å². The number of benzene rings is 1. The Bertz CT molecular complexity index is 588. The molecule has 1 N–H and O–H groups in total. The molecule has 1 heterocycles. The van der Waals surface area contributed by atoms with E-state index in [2.05, 4.69) is 48.6 Å². The Morgan fingerprint density at radius 2 is 2.14 bits per heavy atom. The van der Waals surface area contributed by atoms with Crippen molar-refractivity contribution in [1.82, 2.24) is 5.32 Å². The third kappa shape index (κ3) is 3.54. The van der Waals surface area contributed by atoms with Crippen molar-refractivity contribution >= 4 is 11.3 Å². The second kappa shape index (κ2) is 6.73. The Kier molecular flexibility index (Phi) is 4.73. The van der Waals surface area contributed by atoms with Gasteiger partial charge in [0.1, 0.15) is 0 Å². The van der Waals surface area contributed by atoms with Crippen LogP contribution in [0.5, 0.6) is 0 Å². The molecule has 1 saturated carbocycles. The summed E-state index contributed by atoms with van der Waals surface area (Å²) in [6.45, 7) is 3.91. The van der Waals surface area contributed by atoms with Crippen LogP contribution in [0.1, 0.15) is 36.2 Å². The van der Waals surface area contributed by atoms with Gasteiger partial charge in [-0.3, -0.25) is 0 Å². The first kappa shape index (κ1) is 14.8. The van der Waals surface area contributed by atoms with Gasteiger partial charge in [-0.1, -0.05) is 25.1 Å². The second-order valence-corrected chi connectivity index (χ2v) is 6.82. The van der Waals surface area contributed by atoms with Gasteiger partial charge < -0.3 is 10.1 Å². The van der Waals surface area contributed by atoms with E-state index in [1.54, 1.807) is 7.11 Å². The number of thiophene rings is 1. The van der Waals surface area contributed by atoms with Crippen LogP contribution in [0, 0.1) is 5.92 Å². The van der Waals surface area contributed by atoms with Crippen LogP contribution in [-0.4, -0.2) is 13.7 Å². The molecule has 0 spiro atoms. The molecule has 21 heavy (non-hydrogen) atoms. The largest absolute Gasteiger partial charge is 0.380 e. The minimum atomic E-state index is 0.552. The SMILES string of the molecule is CCNC(c1ccc(-c2cccc(COC)c2)s1)C1CC1. The molecule has 1 aliphatic rings. The molecule has 0 amide bonds. The molecule has 2 aromatic rings. The monoisotopic (exact) mass is 301 g/mol. The van der Waals surface area contributed by atoms with Crippen molar-refractivity contribution in [3.8, 4) is 10.4 Å².